The van der Waals surface area contributed by atoms with Crippen LogP contribution in [0.25, 0.3) is 11.0 Å². The van der Waals surface area contributed by atoms with Crippen molar-refractivity contribution in [3.05, 3.63) is 58.3 Å². The van der Waals surface area contributed by atoms with Crippen molar-refractivity contribution in [2.24, 2.45) is 0 Å². The van der Waals surface area contributed by atoms with Crippen molar-refractivity contribution in [3.8, 4) is 5.75 Å². The number of methoxy groups -OCH3 is 1. The van der Waals surface area contributed by atoms with Crippen LogP contribution in [0.3, 0.4) is 0 Å². The summed E-state index contributed by atoms with van der Waals surface area (Å²) in [5.74, 6) is 1.55. The van der Waals surface area contributed by atoms with E-state index in [1.165, 1.54) is 0 Å². The molecule has 2 N–H and O–H groups in total. The van der Waals surface area contributed by atoms with Crippen LogP contribution in [0.5, 0.6) is 5.75 Å². The average molecular weight is 388 g/mol. The minimum atomic E-state index is 0.00222. The van der Waals surface area contributed by atoms with Gasteiger partial charge < -0.3 is 15.0 Å². The number of ether oxygens (including phenoxy) is 1. The molecule has 0 aliphatic rings. The molecule has 0 bridgehead atoms. The maximum Gasteiger partial charge on any atom is 0.220 e. The Morgan fingerprint density at radius 2 is 2.12 bits per heavy atom. The zero-order chi connectivity index (χ0) is 16.9. The number of nitrogens with zero attached hydrogens (tertiary/aromatic N) is 1. The molecular formula is C18H18BrN3O2. The number of carbonyl (C=O) groups excluding carboxylic acids is 1. The Bertz CT molecular complexity index is 827. The number of nitrogens with one attached hydrogen (secondary N) is 2. The van der Waals surface area contributed by atoms with Gasteiger partial charge in [-0.25, -0.2) is 4.98 Å². The molecule has 1 amide bonds. The second-order valence-corrected chi connectivity index (χ2v) is 6.30. The number of carbonyl (C=O) groups is 1. The van der Waals surface area contributed by atoms with Crippen LogP contribution in [0.1, 0.15) is 17.8 Å². The fourth-order valence-electron chi connectivity index (χ4n) is 2.48. The van der Waals surface area contributed by atoms with Crippen LogP contribution in [0.15, 0.2) is 46.9 Å². The van der Waals surface area contributed by atoms with Gasteiger partial charge in [0, 0.05) is 6.42 Å². The molecule has 3 aromatic rings. The number of hydrogen-bond acceptors (Lipinski definition) is 3. The number of halogens is 1. The number of aromatic amines is 1. The van der Waals surface area contributed by atoms with E-state index < -0.39 is 0 Å². The first-order chi connectivity index (χ1) is 11.7. The summed E-state index contributed by atoms with van der Waals surface area (Å²) in [4.78, 5) is 19.7. The topological polar surface area (TPSA) is 67.0 Å². The van der Waals surface area contributed by atoms with Gasteiger partial charge in [0.15, 0.2) is 0 Å². The van der Waals surface area contributed by atoms with Crippen molar-refractivity contribution in [1.29, 1.82) is 0 Å². The minimum Gasteiger partial charge on any atom is -0.496 e. The third kappa shape index (κ3) is 3.94. The number of rotatable bonds is 6. The number of fused-ring (bicyclic) bond motifs is 1. The van der Waals surface area contributed by atoms with E-state index in [9.17, 15) is 4.79 Å². The van der Waals surface area contributed by atoms with Crippen molar-refractivity contribution in [2.75, 3.05) is 7.11 Å². The largest absolute Gasteiger partial charge is 0.496 e. The molecule has 0 saturated carbocycles. The highest BCUT2D eigenvalue weighted by atomic mass is 79.9. The number of aryl methyl sites for hydroxylation is 1. The van der Waals surface area contributed by atoms with Crippen LogP contribution in [-0.2, 0) is 17.8 Å². The smallest absolute Gasteiger partial charge is 0.220 e. The average Bonchev–Trinajstić information content (AvgIpc) is 3.01. The molecule has 0 aliphatic carbocycles. The second-order valence-electron chi connectivity index (χ2n) is 5.45. The summed E-state index contributed by atoms with van der Waals surface area (Å²) in [6, 6.07) is 13.6. The highest BCUT2D eigenvalue weighted by Crippen LogP contribution is 2.25. The number of H-pyrrole nitrogens is 1. The van der Waals surface area contributed by atoms with Gasteiger partial charge in [0.05, 0.1) is 29.2 Å². The Labute approximate surface area is 148 Å². The molecule has 3 rings (SSSR count). The molecule has 1 heterocycles. The summed E-state index contributed by atoms with van der Waals surface area (Å²) in [6.45, 7) is 0.403. The SMILES string of the molecule is COc1ccc(CCC(=O)NCc2nc3ccccc3[nH]2)cc1Br. The third-order valence-electron chi connectivity index (χ3n) is 3.75. The zero-order valence-electron chi connectivity index (χ0n) is 13.3. The van der Waals surface area contributed by atoms with E-state index in [1.807, 2.05) is 42.5 Å². The van der Waals surface area contributed by atoms with Crippen LogP contribution in [0, 0.1) is 0 Å². The molecule has 2 aromatic carbocycles. The number of hydrogen-bond donors (Lipinski definition) is 2. The van der Waals surface area contributed by atoms with Crippen LogP contribution in [0.2, 0.25) is 0 Å². The first kappa shape index (κ1) is 16.5. The molecule has 124 valence electrons. The first-order valence-electron chi connectivity index (χ1n) is 7.68. The summed E-state index contributed by atoms with van der Waals surface area (Å²) >= 11 is 3.45. The van der Waals surface area contributed by atoms with E-state index in [1.54, 1.807) is 7.11 Å². The van der Waals surface area contributed by atoms with Gasteiger partial charge in [0.25, 0.3) is 0 Å². The number of amides is 1. The van der Waals surface area contributed by atoms with Crippen LogP contribution in [0.4, 0.5) is 0 Å². The predicted molar refractivity (Wildman–Crippen MR) is 97.0 cm³/mol. The minimum absolute atomic E-state index is 0.00222. The Morgan fingerprint density at radius 1 is 1.29 bits per heavy atom. The number of benzene rings is 2. The number of para-hydroxylation sites is 2. The van der Waals surface area contributed by atoms with Gasteiger partial charge in [-0.2, -0.15) is 0 Å². The van der Waals surface area contributed by atoms with Crippen molar-refractivity contribution in [2.45, 2.75) is 19.4 Å². The summed E-state index contributed by atoms with van der Waals surface area (Å²) in [5.41, 5.74) is 2.97. The monoisotopic (exact) mass is 387 g/mol. The van der Waals surface area contributed by atoms with Crippen molar-refractivity contribution < 1.29 is 9.53 Å². The predicted octanol–water partition coefficient (Wildman–Crippen LogP) is 3.58. The molecule has 0 spiro atoms. The summed E-state index contributed by atoms with van der Waals surface area (Å²) < 4.78 is 6.10. The molecule has 0 unspecified atom stereocenters. The van der Waals surface area contributed by atoms with Crippen molar-refractivity contribution in [3.63, 3.8) is 0 Å². The molecule has 0 fully saturated rings. The lowest BCUT2D eigenvalue weighted by atomic mass is 10.1. The first-order valence-corrected chi connectivity index (χ1v) is 8.48. The van der Waals surface area contributed by atoms with Crippen LogP contribution in [-0.4, -0.2) is 23.0 Å². The van der Waals surface area contributed by atoms with Gasteiger partial charge in [-0.1, -0.05) is 18.2 Å². The molecular weight excluding hydrogens is 370 g/mol. The van der Waals surface area contributed by atoms with E-state index >= 15 is 0 Å². The van der Waals surface area contributed by atoms with Gasteiger partial charge in [0.2, 0.25) is 5.91 Å². The quantitative estimate of drug-likeness (QED) is 0.678. The van der Waals surface area contributed by atoms with Crippen molar-refractivity contribution >= 4 is 32.9 Å². The highest BCUT2D eigenvalue weighted by Gasteiger charge is 2.07. The molecule has 24 heavy (non-hydrogen) atoms. The van der Waals surface area contributed by atoms with E-state index in [0.29, 0.717) is 19.4 Å². The highest BCUT2D eigenvalue weighted by molar-refractivity contribution is 9.10. The molecule has 5 nitrogen and oxygen atoms in total. The summed E-state index contributed by atoms with van der Waals surface area (Å²) in [5, 5.41) is 2.90. The number of imidazole rings is 1. The molecule has 0 aliphatic heterocycles. The lowest BCUT2D eigenvalue weighted by Gasteiger charge is -2.07. The van der Waals surface area contributed by atoms with Crippen LogP contribution < -0.4 is 10.1 Å². The van der Waals surface area contributed by atoms with E-state index in [0.717, 1.165) is 32.6 Å². The third-order valence-corrected chi connectivity index (χ3v) is 4.37. The van der Waals surface area contributed by atoms with Gasteiger partial charge >= 0.3 is 0 Å². The second kappa shape index (κ2) is 7.49. The van der Waals surface area contributed by atoms with Gasteiger partial charge in [0.1, 0.15) is 11.6 Å². The normalized spacial score (nSPS) is 10.8. The van der Waals surface area contributed by atoms with Crippen LogP contribution >= 0.6 is 15.9 Å². The standard InChI is InChI=1S/C18H18BrN3O2/c1-24-16-8-6-12(10-13(16)19)7-9-18(23)20-11-17-21-14-4-2-3-5-15(14)22-17/h2-6,8,10H,7,9,11H2,1H3,(H,20,23)(H,21,22). The Balaban J connectivity index is 1.51. The Hall–Kier alpha value is -2.34. The summed E-state index contributed by atoms with van der Waals surface area (Å²) in [7, 11) is 1.63. The Kier molecular flexibility index (Phi) is 5.15. The Morgan fingerprint density at radius 3 is 2.88 bits per heavy atom. The van der Waals surface area contributed by atoms with Gasteiger partial charge in [-0.15, -0.1) is 0 Å². The lowest BCUT2D eigenvalue weighted by molar-refractivity contribution is -0.121. The maximum absolute atomic E-state index is 12.0. The maximum atomic E-state index is 12.0. The molecule has 6 heteroatoms. The molecule has 0 radical (unpaired) electrons. The van der Waals surface area contributed by atoms with E-state index in [-0.39, 0.29) is 5.91 Å². The fourth-order valence-corrected chi connectivity index (χ4v) is 3.07. The van der Waals surface area contributed by atoms with Crippen molar-refractivity contribution in [1.82, 2.24) is 15.3 Å². The van der Waals surface area contributed by atoms with Gasteiger partial charge in [-0.3, -0.25) is 4.79 Å². The zero-order valence-corrected chi connectivity index (χ0v) is 14.9. The fraction of sp³-hybridized carbons (Fsp3) is 0.222. The molecule has 0 saturated heterocycles. The van der Waals surface area contributed by atoms with Gasteiger partial charge in [-0.05, 0) is 52.2 Å². The number of aromatic nitrogens is 2. The summed E-state index contributed by atoms with van der Waals surface area (Å²) in [6.07, 6.45) is 1.10. The molecule has 1 aromatic heterocycles. The molecule has 0 atom stereocenters. The van der Waals surface area contributed by atoms with E-state index in [4.69, 9.17) is 4.74 Å². The lowest BCUT2D eigenvalue weighted by Crippen LogP contribution is -2.23. The van der Waals surface area contributed by atoms with E-state index in [2.05, 4.69) is 31.2 Å².